The summed E-state index contributed by atoms with van der Waals surface area (Å²) in [5.41, 5.74) is 1.29. The van der Waals surface area contributed by atoms with E-state index in [0.29, 0.717) is 17.0 Å². The quantitative estimate of drug-likeness (QED) is 0.570. The Morgan fingerprint density at radius 2 is 1.76 bits per heavy atom. The first-order chi connectivity index (χ1) is 13.8. The fourth-order valence-electron chi connectivity index (χ4n) is 2.45. The van der Waals surface area contributed by atoms with E-state index < -0.39 is 10.1 Å². The van der Waals surface area contributed by atoms with Crippen LogP contribution in [0.3, 0.4) is 0 Å². The van der Waals surface area contributed by atoms with E-state index in [2.05, 4.69) is 10.3 Å². The topological polar surface area (TPSA) is 94.6 Å². The second kappa shape index (κ2) is 8.93. The summed E-state index contributed by atoms with van der Waals surface area (Å²) in [4.78, 5) is 15.7. The summed E-state index contributed by atoms with van der Waals surface area (Å²) < 4.78 is 35.7. The third kappa shape index (κ3) is 5.69. The Morgan fingerprint density at radius 1 is 1.07 bits per heavy atom. The van der Waals surface area contributed by atoms with Crippen LogP contribution in [0.2, 0.25) is 5.02 Å². The Morgan fingerprint density at radius 3 is 2.48 bits per heavy atom. The molecule has 3 rings (SSSR count). The minimum absolute atomic E-state index is 0.0504. The lowest BCUT2D eigenvalue weighted by Crippen LogP contribution is -2.20. The maximum absolute atomic E-state index is 12.5. The Bertz CT molecular complexity index is 1120. The van der Waals surface area contributed by atoms with Crippen molar-refractivity contribution >= 4 is 33.3 Å². The lowest BCUT2D eigenvalue weighted by atomic mass is 10.2. The minimum Gasteiger partial charge on any atom is -0.484 e. The molecule has 0 aliphatic carbocycles. The molecule has 0 radical (unpaired) electrons. The minimum atomic E-state index is -4.12. The van der Waals surface area contributed by atoms with Gasteiger partial charge in [-0.25, -0.2) is 0 Å². The van der Waals surface area contributed by atoms with Gasteiger partial charge in [-0.2, -0.15) is 8.42 Å². The van der Waals surface area contributed by atoms with Crippen molar-refractivity contribution in [2.75, 3.05) is 11.9 Å². The van der Waals surface area contributed by atoms with Crippen LogP contribution in [0.15, 0.2) is 71.9 Å². The number of nitrogens with one attached hydrogen (secondary N) is 1. The molecule has 29 heavy (non-hydrogen) atoms. The van der Waals surface area contributed by atoms with Gasteiger partial charge in [0.1, 0.15) is 16.4 Å². The first kappa shape index (κ1) is 20.6. The van der Waals surface area contributed by atoms with E-state index in [-0.39, 0.29) is 28.2 Å². The standard InChI is InChI=1S/C20H17ClN2O5S/c1-14-10-16(27-13-20(24)23-15-6-8-22-9-7-15)12-17(11-14)28-29(25,26)19-5-3-2-4-18(19)21/h2-12H,13H2,1H3,(H,22,23,24). The van der Waals surface area contributed by atoms with Gasteiger partial charge in [-0.1, -0.05) is 23.7 Å². The molecule has 0 aliphatic rings. The average molecular weight is 433 g/mol. The summed E-state index contributed by atoms with van der Waals surface area (Å²) in [6.07, 6.45) is 3.11. The summed E-state index contributed by atoms with van der Waals surface area (Å²) in [5, 5.41) is 2.72. The summed E-state index contributed by atoms with van der Waals surface area (Å²) in [6, 6.07) is 13.9. The Labute approximate surface area is 173 Å². The molecule has 150 valence electrons. The van der Waals surface area contributed by atoms with E-state index in [9.17, 15) is 13.2 Å². The van der Waals surface area contributed by atoms with Crippen LogP contribution in [-0.2, 0) is 14.9 Å². The molecule has 0 unspecified atom stereocenters. The van der Waals surface area contributed by atoms with E-state index in [1.807, 2.05) is 0 Å². The van der Waals surface area contributed by atoms with Gasteiger partial charge in [0.05, 0.1) is 5.02 Å². The van der Waals surface area contributed by atoms with Crippen LogP contribution in [0.1, 0.15) is 5.56 Å². The van der Waals surface area contributed by atoms with Gasteiger partial charge in [0.15, 0.2) is 6.61 Å². The summed E-state index contributed by atoms with van der Waals surface area (Å²) in [7, 11) is -4.12. The molecule has 7 nitrogen and oxygen atoms in total. The normalized spacial score (nSPS) is 11.0. The number of carbonyl (C=O) groups excluding carboxylic acids is 1. The zero-order valence-corrected chi connectivity index (χ0v) is 16.9. The van der Waals surface area contributed by atoms with Crippen LogP contribution in [-0.4, -0.2) is 25.9 Å². The largest absolute Gasteiger partial charge is 0.484 e. The van der Waals surface area contributed by atoms with Gasteiger partial charge >= 0.3 is 10.1 Å². The smallest absolute Gasteiger partial charge is 0.340 e. The highest BCUT2D eigenvalue weighted by Gasteiger charge is 2.20. The highest BCUT2D eigenvalue weighted by atomic mass is 35.5. The van der Waals surface area contributed by atoms with Crippen molar-refractivity contribution in [1.29, 1.82) is 0 Å². The number of aromatic nitrogens is 1. The van der Waals surface area contributed by atoms with Crippen LogP contribution < -0.4 is 14.2 Å². The number of benzene rings is 2. The molecule has 2 aromatic carbocycles. The highest BCUT2D eigenvalue weighted by molar-refractivity contribution is 7.87. The number of halogens is 1. The summed E-state index contributed by atoms with van der Waals surface area (Å²) in [6.45, 7) is 1.49. The predicted octanol–water partition coefficient (Wildman–Crippen LogP) is 3.83. The molecular formula is C20H17ClN2O5S. The van der Waals surface area contributed by atoms with Crippen molar-refractivity contribution in [3.05, 3.63) is 77.6 Å². The van der Waals surface area contributed by atoms with E-state index in [1.165, 1.54) is 24.3 Å². The van der Waals surface area contributed by atoms with Crippen molar-refractivity contribution in [3.8, 4) is 11.5 Å². The molecule has 1 amide bonds. The molecule has 0 saturated heterocycles. The van der Waals surface area contributed by atoms with Gasteiger partial charge < -0.3 is 14.2 Å². The molecule has 0 fully saturated rings. The maximum atomic E-state index is 12.5. The highest BCUT2D eigenvalue weighted by Crippen LogP contribution is 2.28. The number of pyridine rings is 1. The van der Waals surface area contributed by atoms with Gasteiger partial charge in [0, 0.05) is 24.1 Å². The molecule has 3 aromatic rings. The lowest BCUT2D eigenvalue weighted by molar-refractivity contribution is -0.118. The number of aryl methyl sites for hydroxylation is 1. The van der Waals surface area contributed by atoms with Crippen LogP contribution in [0.25, 0.3) is 0 Å². The Balaban J connectivity index is 1.70. The third-order valence-corrected chi connectivity index (χ3v) is 5.42. The first-order valence-corrected chi connectivity index (χ1v) is 10.3. The van der Waals surface area contributed by atoms with E-state index in [1.54, 1.807) is 49.6 Å². The molecular weight excluding hydrogens is 416 g/mol. The number of hydrogen-bond acceptors (Lipinski definition) is 6. The second-order valence-corrected chi connectivity index (χ2v) is 7.94. The molecule has 0 aliphatic heterocycles. The van der Waals surface area contributed by atoms with Crippen LogP contribution >= 0.6 is 11.6 Å². The average Bonchev–Trinajstić information content (AvgIpc) is 2.66. The van der Waals surface area contributed by atoms with E-state index >= 15 is 0 Å². The van der Waals surface area contributed by atoms with Gasteiger partial charge in [0.25, 0.3) is 5.91 Å². The molecule has 0 atom stereocenters. The van der Waals surface area contributed by atoms with Crippen LogP contribution in [0, 0.1) is 6.92 Å². The molecule has 1 aromatic heterocycles. The van der Waals surface area contributed by atoms with Crippen molar-refractivity contribution in [2.45, 2.75) is 11.8 Å². The third-order valence-electron chi connectivity index (χ3n) is 3.67. The van der Waals surface area contributed by atoms with Crippen LogP contribution in [0.5, 0.6) is 11.5 Å². The molecule has 0 bridgehead atoms. The zero-order valence-electron chi connectivity index (χ0n) is 15.3. The monoisotopic (exact) mass is 432 g/mol. The van der Waals surface area contributed by atoms with Crippen molar-refractivity contribution in [3.63, 3.8) is 0 Å². The van der Waals surface area contributed by atoms with Gasteiger partial charge in [-0.15, -0.1) is 0 Å². The van der Waals surface area contributed by atoms with Gasteiger partial charge in [-0.05, 0) is 48.9 Å². The van der Waals surface area contributed by atoms with Crippen LogP contribution in [0.4, 0.5) is 5.69 Å². The fourth-order valence-corrected chi connectivity index (χ4v) is 3.86. The Kier molecular flexibility index (Phi) is 6.36. The number of anilines is 1. The predicted molar refractivity (Wildman–Crippen MR) is 109 cm³/mol. The maximum Gasteiger partial charge on any atom is 0.340 e. The molecule has 1 N–H and O–H groups in total. The Hall–Kier alpha value is -3.10. The molecule has 1 heterocycles. The van der Waals surface area contributed by atoms with Crippen molar-refractivity contribution in [1.82, 2.24) is 4.98 Å². The molecule has 0 spiro atoms. The van der Waals surface area contributed by atoms with Gasteiger partial charge in [0.2, 0.25) is 0 Å². The fraction of sp³-hybridized carbons (Fsp3) is 0.100. The number of nitrogens with zero attached hydrogens (tertiary/aromatic N) is 1. The molecule has 0 saturated carbocycles. The molecule has 9 heteroatoms. The number of carbonyl (C=O) groups is 1. The first-order valence-electron chi connectivity index (χ1n) is 8.47. The van der Waals surface area contributed by atoms with E-state index in [0.717, 1.165) is 0 Å². The summed E-state index contributed by atoms with van der Waals surface area (Å²) in [5.74, 6) is -0.0300. The van der Waals surface area contributed by atoms with Gasteiger partial charge in [-0.3, -0.25) is 9.78 Å². The van der Waals surface area contributed by atoms with Crippen molar-refractivity contribution in [2.24, 2.45) is 0 Å². The number of ether oxygens (including phenoxy) is 1. The number of amides is 1. The summed E-state index contributed by atoms with van der Waals surface area (Å²) >= 11 is 5.96. The van der Waals surface area contributed by atoms with Crippen molar-refractivity contribution < 1.29 is 22.1 Å². The number of rotatable bonds is 7. The number of hydrogen-bond donors (Lipinski definition) is 1. The zero-order chi connectivity index (χ0) is 20.9. The second-order valence-electron chi connectivity index (χ2n) is 6.02. The lowest BCUT2D eigenvalue weighted by Gasteiger charge is -2.12. The SMILES string of the molecule is Cc1cc(OCC(=O)Nc2ccncc2)cc(OS(=O)(=O)c2ccccc2Cl)c1. The van der Waals surface area contributed by atoms with E-state index in [4.69, 9.17) is 20.5 Å².